The van der Waals surface area contributed by atoms with Crippen molar-refractivity contribution in [2.75, 3.05) is 20.1 Å². The fourth-order valence-corrected chi connectivity index (χ4v) is 4.93. The summed E-state index contributed by atoms with van der Waals surface area (Å²) in [6.07, 6.45) is 3.04. The Bertz CT molecular complexity index is 811. The highest BCUT2D eigenvalue weighted by Crippen LogP contribution is 2.29. The highest BCUT2D eigenvalue weighted by Gasteiger charge is 2.31. The molecule has 1 fully saturated rings. The maximum absolute atomic E-state index is 14.2. The lowest BCUT2D eigenvalue weighted by molar-refractivity contribution is 0.492. The van der Waals surface area contributed by atoms with Crippen LogP contribution in [0.4, 0.5) is 4.39 Å². The minimum atomic E-state index is -3.60. The van der Waals surface area contributed by atoms with Crippen LogP contribution in [-0.4, -0.2) is 37.8 Å². The van der Waals surface area contributed by atoms with Crippen molar-refractivity contribution in [1.29, 1.82) is 0 Å². The number of rotatable bonds is 5. The van der Waals surface area contributed by atoms with E-state index in [1.54, 1.807) is 37.5 Å². The predicted molar refractivity (Wildman–Crippen MR) is 92.8 cm³/mol. The molecule has 3 rings (SSSR count). The molecule has 0 aliphatic carbocycles. The summed E-state index contributed by atoms with van der Waals surface area (Å²) in [5.41, 5.74) is 1.49. The minimum Gasteiger partial charge on any atom is -0.316 e. The fraction of sp³-hybridized carbons (Fsp3) is 0.412. The van der Waals surface area contributed by atoms with E-state index in [-0.39, 0.29) is 0 Å². The number of hydrogen-bond acceptors (Lipinski definition) is 4. The summed E-state index contributed by atoms with van der Waals surface area (Å²) in [5, 5.41) is 5.65. The first kappa shape index (κ1) is 17.1. The van der Waals surface area contributed by atoms with Gasteiger partial charge in [-0.25, -0.2) is 16.8 Å². The molecule has 0 amide bonds. The van der Waals surface area contributed by atoms with Crippen LogP contribution < -0.4 is 10.6 Å². The lowest BCUT2D eigenvalue weighted by Gasteiger charge is -2.24. The number of benzene rings is 1. The molecule has 2 N–H and O–H groups in total. The van der Waals surface area contributed by atoms with E-state index in [1.807, 2.05) is 0 Å². The second-order valence-corrected chi connectivity index (χ2v) is 8.14. The van der Waals surface area contributed by atoms with Gasteiger partial charge in [0.2, 0.25) is 10.0 Å². The summed E-state index contributed by atoms with van der Waals surface area (Å²) in [6, 6.07) is 8.00. The van der Waals surface area contributed by atoms with E-state index in [0.29, 0.717) is 30.8 Å². The van der Waals surface area contributed by atoms with E-state index in [2.05, 4.69) is 10.6 Å². The topological polar surface area (TPSA) is 63.1 Å². The highest BCUT2D eigenvalue weighted by molar-refractivity contribution is 7.90. The first-order valence-electron chi connectivity index (χ1n) is 8.10. The molecule has 1 aromatic heterocycles. The Morgan fingerprint density at radius 3 is 2.83 bits per heavy atom. The Morgan fingerprint density at radius 1 is 1.38 bits per heavy atom. The largest absolute Gasteiger partial charge is 0.316 e. The SMILES string of the molecule is CNCc1cc(-c2ccccc2F)n(S(=O)(=O)C2CCCNC2)c1. The number of hydrogen-bond donors (Lipinski definition) is 2. The van der Waals surface area contributed by atoms with E-state index in [1.165, 1.54) is 10.0 Å². The molecule has 1 atom stereocenters. The van der Waals surface area contributed by atoms with Crippen molar-refractivity contribution in [2.45, 2.75) is 24.6 Å². The minimum absolute atomic E-state index is 0.298. The van der Waals surface area contributed by atoms with Crippen LogP contribution >= 0.6 is 0 Å². The van der Waals surface area contributed by atoms with Gasteiger partial charge in [0.05, 0.1) is 10.9 Å². The Labute approximate surface area is 141 Å². The van der Waals surface area contributed by atoms with Gasteiger partial charge in [0.1, 0.15) is 5.82 Å². The van der Waals surface area contributed by atoms with Gasteiger partial charge in [0.25, 0.3) is 0 Å². The van der Waals surface area contributed by atoms with Crippen LogP contribution in [-0.2, 0) is 16.6 Å². The standard InChI is InChI=1S/C17H22FN3O2S/c1-19-10-13-9-17(15-6-2-3-7-16(15)18)21(12-13)24(22,23)14-5-4-8-20-11-14/h2-3,6-7,9,12,14,19-20H,4-5,8,10-11H2,1H3. The van der Waals surface area contributed by atoms with Gasteiger partial charge in [-0.2, -0.15) is 0 Å². The molecule has 1 saturated heterocycles. The van der Waals surface area contributed by atoms with E-state index < -0.39 is 21.1 Å². The zero-order valence-electron chi connectivity index (χ0n) is 13.6. The van der Waals surface area contributed by atoms with Crippen molar-refractivity contribution >= 4 is 10.0 Å². The van der Waals surface area contributed by atoms with Crippen molar-refractivity contribution in [3.63, 3.8) is 0 Å². The summed E-state index contributed by atoms with van der Waals surface area (Å²) in [4.78, 5) is 0. The van der Waals surface area contributed by atoms with Crippen molar-refractivity contribution in [1.82, 2.24) is 14.6 Å². The van der Waals surface area contributed by atoms with Crippen LogP contribution in [0.1, 0.15) is 18.4 Å². The zero-order valence-corrected chi connectivity index (χ0v) is 14.4. The van der Waals surface area contributed by atoms with Gasteiger partial charge in [-0.05, 0) is 50.2 Å². The van der Waals surface area contributed by atoms with Crippen molar-refractivity contribution in [3.05, 3.63) is 47.9 Å². The number of halogens is 1. The Hall–Kier alpha value is -1.70. The van der Waals surface area contributed by atoms with Crippen molar-refractivity contribution in [2.24, 2.45) is 0 Å². The normalized spacial score (nSPS) is 18.7. The van der Waals surface area contributed by atoms with Crippen molar-refractivity contribution in [3.8, 4) is 11.3 Å². The van der Waals surface area contributed by atoms with E-state index in [0.717, 1.165) is 18.5 Å². The van der Waals surface area contributed by atoms with E-state index in [9.17, 15) is 12.8 Å². The van der Waals surface area contributed by atoms with E-state index >= 15 is 0 Å². The molecule has 1 aromatic carbocycles. The summed E-state index contributed by atoms with van der Waals surface area (Å²) < 4.78 is 41.7. The molecule has 2 aromatic rings. The van der Waals surface area contributed by atoms with E-state index in [4.69, 9.17) is 0 Å². The fourth-order valence-electron chi connectivity index (χ4n) is 3.11. The number of aromatic nitrogens is 1. The average Bonchev–Trinajstić information content (AvgIpc) is 3.01. The number of nitrogens with one attached hydrogen (secondary N) is 2. The van der Waals surface area contributed by atoms with Crippen molar-refractivity contribution < 1.29 is 12.8 Å². The first-order chi connectivity index (χ1) is 11.5. The van der Waals surface area contributed by atoms with Crippen LogP contribution in [0.2, 0.25) is 0 Å². The molecule has 24 heavy (non-hydrogen) atoms. The highest BCUT2D eigenvalue weighted by atomic mass is 32.2. The molecule has 0 bridgehead atoms. The number of piperidine rings is 1. The molecule has 2 heterocycles. The lowest BCUT2D eigenvalue weighted by atomic mass is 10.1. The summed E-state index contributed by atoms with van der Waals surface area (Å²) in [5.74, 6) is -0.426. The second-order valence-electron chi connectivity index (χ2n) is 6.05. The molecular weight excluding hydrogens is 329 g/mol. The summed E-state index contributed by atoms with van der Waals surface area (Å²) in [6.45, 7) is 1.79. The maximum Gasteiger partial charge on any atom is 0.243 e. The van der Waals surface area contributed by atoms with Crippen LogP contribution in [0.25, 0.3) is 11.3 Å². The Kier molecular flexibility index (Phi) is 5.03. The molecule has 5 nitrogen and oxygen atoms in total. The molecule has 1 aliphatic heterocycles. The van der Waals surface area contributed by atoms with Gasteiger partial charge in [0.15, 0.2) is 0 Å². The molecular formula is C17H22FN3O2S. The lowest BCUT2D eigenvalue weighted by Crippen LogP contribution is -2.41. The van der Waals surface area contributed by atoms with Crippen LogP contribution in [0.3, 0.4) is 0 Å². The Balaban J connectivity index is 2.11. The zero-order chi connectivity index (χ0) is 17.2. The third-order valence-corrected chi connectivity index (χ3v) is 6.42. The third-order valence-electron chi connectivity index (χ3n) is 4.32. The van der Waals surface area contributed by atoms with Gasteiger partial charge < -0.3 is 10.6 Å². The predicted octanol–water partition coefficient (Wildman–Crippen LogP) is 1.94. The van der Waals surface area contributed by atoms with Gasteiger partial charge in [-0.1, -0.05) is 12.1 Å². The molecule has 0 radical (unpaired) electrons. The van der Waals surface area contributed by atoms with Gasteiger partial charge in [-0.15, -0.1) is 0 Å². The van der Waals surface area contributed by atoms with Crippen LogP contribution in [0.15, 0.2) is 36.5 Å². The maximum atomic E-state index is 14.2. The quantitative estimate of drug-likeness (QED) is 0.864. The molecule has 1 unspecified atom stereocenters. The van der Waals surface area contributed by atoms with Gasteiger partial charge in [-0.3, -0.25) is 0 Å². The second kappa shape index (κ2) is 7.04. The molecule has 130 valence electrons. The summed E-state index contributed by atoms with van der Waals surface area (Å²) in [7, 11) is -1.80. The monoisotopic (exact) mass is 351 g/mol. The van der Waals surface area contributed by atoms with Crippen LogP contribution in [0.5, 0.6) is 0 Å². The molecule has 0 saturated carbocycles. The molecule has 0 spiro atoms. The van der Waals surface area contributed by atoms with Gasteiger partial charge in [0, 0.05) is 24.8 Å². The number of nitrogens with zero attached hydrogens (tertiary/aromatic N) is 1. The smallest absolute Gasteiger partial charge is 0.243 e. The average molecular weight is 351 g/mol. The Morgan fingerprint density at radius 2 is 2.17 bits per heavy atom. The van der Waals surface area contributed by atoms with Gasteiger partial charge >= 0.3 is 0 Å². The summed E-state index contributed by atoms with van der Waals surface area (Å²) >= 11 is 0. The third kappa shape index (κ3) is 3.24. The van der Waals surface area contributed by atoms with Crippen LogP contribution in [0, 0.1) is 5.82 Å². The first-order valence-corrected chi connectivity index (χ1v) is 9.60. The molecule has 1 aliphatic rings. The molecule has 7 heteroatoms.